The van der Waals surface area contributed by atoms with Crippen LogP contribution in [0.1, 0.15) is 45.7 Å². The Bertz CT molecular complexity index is 561. The van der Waals surface area contributed by atoms with Gasteiger partial charge in [-0.1, -0.05) is 24.3 Å². The first kappa shape index (κ1) is 16.0. The monoisotopic (exact) mass is 275 g/mol. The third-order valence-electron chi connectivity index (χ3n) is 3.18. The second-order valence-corrected chi connectivity index (χ2v) is 5.03. The summed E-state index contributed by atoms with van der Waals surface area (Å²) in [6.07, 6.45) is 0. The molecular formula is C16H21NO3. The first-order chi connectivity index (χ1) is 9.29. The number of carbonyl (C=O) groups is 2. The number of aromatic carboxylic acids is 1. The molecular weight excluding hydrogens is 254 g/mol. The normalized spacial score (nSPS) is 10.2. The van der Waals surface area contributed by atoms with Gasteiger partial charge in [-0.3, -0.25) is 4.79 Å². The number of carbonyl (C=O) groups excluding carboxylic acids is 1. The molecule has 1 rings (SSSR count). The second kappa shape index (κ2) is 6.37. The quantitative estimate of drug-likeness (QED) is 0.840. The van der Waals surface area contributed by atoms with Gasteiger partial charge in [0.25, 0.3) is 5.91 Å². The Hall–Kier alpha value is -2.10. The van der Waals surface area contributed by atoms with E-state index in [0.29, 0.717) is 24.2 Å². The molecule has 0 unspecified atom stereocenters. The minimum absolute atomic E-state index is 0.0927. The number of likely N-dealkylation sites (N-methyl/N-ethyl adjacent to an activating group) is 1. The molecule has 1 amide bonds. The van der Waals surface area contributed by atoms with Crippen LogP contribution in [0.2, 0.25) is 0 Å². The lowest BCUT2D eigenvalue weighted by molar-refractivity contribution is 0.0678. The summed E-state index contributed by atoms with van der Waals surface area (Å²) < 4.78 is 0. The fourth-order valence-electron chi connectivity index (χ4n) is 2.17. The molecule has 0 spiro atoms. The van der Waals surface area contributed by atoms with E-state index in [1.54, 1.807) is 30.9 Å². The molecule has 0 saturated carbocycles. The van der Waals surface area contributed by atoms with E-state index in [1.807, 2.05) is 13.8 Å². The molecule has 0 radical (unpaired) electrons. The predicted octanol–water partition coefficient (Wildman–Crippen LogP) is 3.04. The fraction of sp³-hybridized carbons (Fsp3) is 0.375. The molecule has 0 aliphatic rings. The zero-order valence-corrected chi connectivity index (χ0v) is 12.5. The van der Waals surface area contributed by atoms with Crippen LogP contribution in [0.4, 0.5) is 0 Å². The highest BCUT2D eigenvalue weighted by Gasteiger charge is 2.24. The van der Waals surface area contributed by atoms with Gasteiger partial charge in [0.1, 0.15) is 0 Å². The van der Waals surface area contributed by atoms with Gasteiger partial charge in [0, 0.05) is 13.1 Å². The Balaban J connectivity index is 3.37. The number of rotatable bonds is 5. The van der Waals surface area contributed by atoms with Crippen LogP contribution in [-0.2, 0) is 0 Å². The van der Waals surface area contributed by atoms with Crippen molar-refractivity contribution in [1.29, 1.82) is 0 Å². The Labute approximate surface area is 119 Å². The lowest BCUT2D eigenvalue weighted by Gasteiger charge is -2.23. The first-order valence-electron chi connectivity index (χ1n) is 6.56. The van der Waals surface area contributed by atoms with Crippen LogP contribution in [0.5, 0.6) is 0 Å². The lowest BCUT2D eigenvalue weighted by Crippen LogP contribution is -2.34. The summed E-state index contributed by atoms with van der Waals surface area (Å²) in [5.41, 5.74) is 2.51. The number of carboxylic acid groups (broad SMARTS) is 1. The average molecular weight is 275 g/mol. The van der Waals surface area contributed by atoms with Gasteiger partial charge in [-0.15, -0.1) is 0 Å². The van der Waals surface area contributed by atoms with E-state index in [0.717, 1.165) is 5.57 Å². The number of benzene rings is 1. The largest absolute Gasteiger partial charge is 0.478 e. The highest BCUT2D eigenvalue weighted by molar-refractivity contribution is 6.06. The Kier molecular flexibility index (Phi) is 5.08. The first-order valence-corrected chi connectivity index (χ1v) is 6.56. The number of carboxylic acids is 1. The van der Waals surface area contributed by atoms with Crippen molar-refractivity contribution in [2.75, 3.05) is 13.1 Å². The van der Waals surface area contributed by atoms with Gasteiger partial charge >= 0.3 is 5.97 Å². The van der Waals surface area contributed by atoms with Crippen LogP contribution in [0, 0.1) is 13.8 Å². The van der Waals surface area contributed by atoms with Gasteiger partial charge in [-0.2, -0.15) is 0 Å². The molecule has 20 heavy (non-hydrogen) atoms. The molecule has 0 bridgehead atoms. The number of hydrogen-bond acceptors (Lipinski definition) is 2. The molecule has 0 atom stereocenters. The molecule has 0 aromatic heterocycles. The van der Waals surface area contributed by atoms with E-state index < -0.39 is 5.97 Å². The number of amides is 1. The van der Waals surface area contributed by atoms with Crippen molar-refractivity contribution in [1.82, 2.24) is 4.90 Å². The summed E-state index contributed by atoms with van der Waals surface area (Å²) in [4.78, 5) is 25.7. The maximum atomic E-state index is 12.6. The van der Waals surface area contributed by atoms with Gasteiger partial charge in [0.2, 0.25) is 0 Å². The van der Waals surface area contributed by atoms with Gasteiger partial charge in [-0.05, 0) is 38.8 Å². The molecule has 108 valence electrons. The predicted molar refractivity (Wildman–Crippen MR) is 79.3 cm³/mol. The minimum Gasteiger partial charge on any atom is -0.478 e. The Morgan fingerprint density at radius 3 is 2.10 bits per heavy atom. The maximum absolute atomic E-state index is 12.6. The zero-order valence-electron chi connectivity index (χ0n) is 12.5. The topological polar surface area (TPSA) is 57.6 Å². The van der Waals surface area contributed by atoms with Crippen molar-refractivity contribution < 1.29 is 14.7 Å². The summed E-state index contributed by atoms with van der Waals surface area (Å²) in [7, 11) is 0. The van der Waals surface area contributed by atoms with E-state index in [1.165, 1.54) is 0 Å². The Morgan fingerprint density at radius 1 is 1.20 bits per heavy atom. The fourth-order valence-corrected chi connectivity index (χ4v) is 2.17. The molecule has 0 aliphatic carbocycles. The smallest absolute Gasteiger partial charge is 0.336 e. The van der Waals surface area contributed by atoms with E-state index >= 15 is 0 Å². The second-order valence-electron chi connectivity index (χ2n) is 5.03. The average Bonchev–Trinajstić information content (AvgIpc) is 2.36. The van der Waals surface area contributed by atoms with Crippen LogP contribution >= 0.6 is 0 Å². The van der Waals surface area contributed by atoms with Crippen molar-refractivity contribution >= 4 is 11.9 Å². The zero-order chi connectivity index (χ0) is 15.4. The van der Waals surface area contributed by atoms with Crippen LogP contribution in [-0.4, -0.2) is 35.0 Å². The van der Waals surface area contributed by atoms with Gasteiger partial charge < -0.3 is 10.0 Å². The van der Waals surface area contributed by atoms with Crippen molar-refractivity contribution in [3.05, 3.63) is 46.5 Å². The van der Waals surface area contributed by atoms with E-state index in [2.05, 4.69) is 6.58 Å². The van der Waals surface area contributed by atoms with E-state index in [4.69, 9.17) is 0 Å². The number of nitrogens with zero attached hydrogens (tertiary/aromatic N) is 1. The molecule has 4 nitrogen and oxygen atoms in total. The maximum Gasteiger partial charge on any atom is 0.336 e. The van der Waals surface area contributed by atoms with E-state index in [-0.39, 0.29) is 17.0 Å². The van der Waals surface area contributed by atoms with Crippen LogP contribution in [0.3, 0.4) is 0 Å². The summed E-state index contributed by atoms with van der Waals surface area (Å²) in [5.74, 6) is -1.32. The summed E-state index contributed by atoms with van der Waals surface area (Å²) in [5, 5.41) is 9.37. The Morgan fingerprint density at radius 2 is 1.70 bits per heavy atom. The number of aryl methyl sites for hydroxylation is 2. The third kappa shape index (κ3) is 3.26. The summed E-state index contributed by atoms with van der Waals surface area (Å²) >= 11 is 0. The van der Waals surface area contributed by atoms with Gasteiger partial charge in [-0.25, -0.2) is 4.79 Å². The van der Waals surface area contributed by atoms with Crippen molar-refractivity contribution in [2.45, 2.75) is 27.7 Å². The SMILES string of the molecule is C=C(C)CN(CC)C(=O)c1c(C)ccc(C)c1C(=O)O. The molecule has 0 fully saturated rings. The van der Waals surface area contributed by atoms with Crippen molar-refractivity contribution in [3.63, 3.8) is 0 Å². The highest BCUT2D eigenvalue weighted by atomic mass is 16.4. The van der Waals surface area contributed by atoms with Gasteiger partial charge in [0.15, 0.2) is 0 Å². The molecule has 0 saturated heterocycles. The van der Waals surface area contributed by atoms with Crippen LogP contribution in [0.25, 0.3) is 0 Å². The lowest BCUT2D eigenvalue weighted by atomic mass is 9.96. The van der Waals surface area contributed by atoms with E-state index in [9.17, 15) is 14.7 Å². The third-order valence-corrected chi connectivity index (χ3v) is 3.18. The molecule has 1 aromatic carbocycles. The summed E-state index contributed by atoms with van der Waals surface area (Å²) in [6.45, 7) is 11.9. The highest BCUT2D eigenvalue weighted by Crippen LogP contribution is 2.21. The van der Waals surface area contributed by atoms with Crippen LogP contribution in [0.15, 0.2) is 24.3 Å². The minimum atomic E-state index is -1.07. The summed E-state index contributed by atoms with van der Waals surface area (Å²) in [6, 6.07) is 3.51. The number of hydrogen-bond donors (Lipinski definition) is 1. The van der Waals surface area contributed by atoms with Gasteiger partial charge in [0.05, 0.1) is 11.1 Å². The molecule has 0 aliphatic heterocycles. The molecule has 1 N–H and O–H groups in total. The standard InChI is InChI=1S/C16H21NO3/c1-6-17(9-10(2)3)15(18)13-11(4)7-8-12(5)14(13)16(19)20/h7-8H,2,6,9H2,1,3-5H3,(H,19,20). The molecule has 1 aromatic rings. The van der Waals surface area contributed by atoms with Crippen LogP contribution < -0.4 is 0 Å². The molecule has 0 heterocycles. The molecule has 4 heteroatoms. The van der Waals surface area contributed by atoms with Crippen molar-refractivity contribution in [2.24, 2.45) is 0 Å². The van der Waals surface area contributed by atoms with Crippen molar-refractivity contribution in [3.8, 4) is 0 Å².